The highest BCUT2D eigenvalue weighted by atomic mass is 15.2. The van der Waals surface area contributed by atoms with Gasteiger partial charge in [0.15, 0.2) is 0 Å². The molecule has 0 amide bonds. The molecule has 0 spiro atoms. The van der Waals surface area contributed by atoms with Crippen LogP contribution in [0.15, 0.2) is 0 Å². The molecule has 2 heteroatoms. The van der Waals surface area contributed by atoms with Gasteiger partial charge >= 0.3 is 0 Å². The SMILES string of the molecule is CNC(C)N(C)C(C)C. The molecule has 0 aromatic heterocycles. The maximum atomic E-state index is 3.17. The Morgan fingerprint density at radius 3 is 1.78 bits per heavy atom. The second kappa shape index (κ2) is 3.85. The molecule has 0 aliphatic heterocycles. The van der Waals surface area contributed by atoms with Crippen molar-refractivity contribution in [3.63, 3.8) is 0 Å². The van der Waals surface area contributed by atoms with Crippen LogP contribution in [0.5, 0.6) is 0 Å². The van der Waals surface area contributed by atoms with Crippen LogP contribution in [-0.4, -0.2) is 31.2 Å². The standard InChI is InChI=1S/C7H18N2/c1-6(2)9(5)7(3)8-4/h6-8H,1-5H3. The quantitative estimate of drug-likeness (QED) is 0.571. The molecule has 0 saturated carbocycles. The molecule has 0 aromatic rings. The molecule has 1 atom stereocenters. The first-order valence-corrected chi connectivity index (χ1v) is 3.48. The molecule has 0 saturated heterocycles. The third-order valence-corrected chi connectivity index (χ3v) is 1.84. The Hall–Kier alpha value is -0.0800. The molecule has 0 bridgehead atoms. The van der Waals surface area contributed by atoms with Gasteiger partial charge in [-0.1, -0.05) is 0 Å². The molecule has 0 radical (unpaired) electrons. The first kappa shape index (κ1) is 8.92. The van der Waals surface area contributed by atoms with Crippen LogP contribution in [0, 0.1) is 0 Å². The predicted octanol–water partition coefficient (Wildman–Crippen LogP) is 0.892. The topological polar surface area (TPSA) is 15.3 Å². The summed E-state index contributed by atoms with van der Waals surface area (Å²) in [7, 11) is 4.09. The number of hydrogen-bond donors (Lipinski definition) is 1. The van der Waals surface area contributed by atoms with Crippen molar-refractivity contribution in [3.8, 4) is 0 Å². The average Bonchev–Trinajstić information content (AvgIpc) is 1.84. The highest BCUT2D eigenvalue weighted by Gasteiger charge is 2.07. The fourth-order valence-corrected chi connectivity index (χ4v) is 0.651. The lowest BCUT2D eigenvalue weighted by atomic mass is 10.3. The van der Waals surface area contributed by atoms with Gasteiger partial charge in [-0.3, -0.25) is 4.90 Å². The Morgan fingerprint density at radius 1 is 1.22 bits per heavy atom. The van der Waals surface area contributed by atoms with Crippen LogP contribution in [0.2, 0.25) is 0 Å². The zero-order valence-corrected chi connectivity index (χ0v) is 7.10. The molecule has 0 aromatic carbocycles. The van der Waals surface area contributed by atoms with E-state index in [-0.39, 0.29) is 0 Å². The van der Waals surface area contributed by atoms with E-state index in [1.54, 1.807) is 0 Å². The normalized spacial score (nSPS) is 15.0. The van der Waals surface area contributed by atoms with E-state index in [9.17, 15) is 0 Å². The van der Waals surface area contributed by atoms with Gasteiger partial charge in [0.2, 0.25) is 0 Å². The summed E-state index contributed by atoms with van der Waals surface area (Å²) in [5.74, 6) is 0. The van der Waals surface area contributed by atoms with Gasteiger partial charge in [-0.2, -0.15) is 0 Å². The van der Waals surface area contributed by atoms with Crippen molar-refractivity contribution in [3.05, 3.63) is 0 Å². The monoisotopic (exact) mass is 130 g/mol. The van der Waals surface area contributed by atoms with Crippen LogP contribution in [0.3, 0.4) is 0 Å². The van der Waals surface area contributed by atoms with E-state index in [0.717, 1.165) is 0 Å². The number of nitrogens with zero attached hydrogens (tertiary/aromatic N) is 1. The highest BCUT2D eigenvalue weighted by Crippen LogP contribution is 1.96. The first-order chi connectivity index (χ1) is 4.09. The summed E-state index contributed by atoms with van der Waals surface area (Å²) in [6.07, 6.45) is 0.477. The van der Waals surface area contributed by atoms with E-state index in [1.165, 1.54) is 0 Å². The molecule has 1 unspecified atom stereocenters. The van der Waals surface area contributed by atoms with Gasteiger partial charge < -0.3 is 5.32 Å². The van der Waals surface area contributed by atoms with Gasteiger partial charge in [0.25, 0.3) is 0 Å². The van der Waals surface area contributed by atoms with Crippen molar-refractivity contribution < 1.29 is 0 Å². The molecule has 0 rings (SSSR count). The zero-order chi connectivity index (χ0) is 7.44. The molecule has 0 aliphatic rings. The first-order valence-electron chi connectivity index (χ1n) is 3.48. The fraction of sp³-hybridized carbons (Fsp3) is 1.00. The lowest BCUT2D eigenvalue weighted by molar-refractivity contribution is 0.186. The molecule has 2 nitrogen and oxygen atoms in total. The Labute approximate surface area is 58.2 Å². The third-order valence-electron chi connectivity index (χ3n) is 1.84. The largest absolute Gasteiger partial charge is 0.305 e. The summed E-state index contributed by atoms with van der Waals surface area (Å²) in [5.41, 5.74) is 0. The van der Waals surface area contributed by atoms with Crippen molar-refractivity contribution in [2.45, 2.75) is 33.0 Å². The molecule has 9 heavy (non-hydrogen) atoms. The van der Waals surface area contributed by atoms with E-state index in [4.69, 9.17) is 0 Å². The second-order valence-electron chi connectivity index (χ2n) is 2.72. The number of hydrogen-bond acceptors (Lipinski definition) is 2. The number of nitrogens with one attached hydrogen (secondary N) is 1. The molecular formula is C7H18N2. The van der Waals surface area contributed by atoms with Gasteiger partial charge in [-0.15, -0.1) is 0 Å². The van der Waals surface area contributed by atoms with E-state index < -0.39 is 0 Å². The maximum Gasteiger partial charge on any atom is 0.0565 e. The smallest absolute Gasteiger partial charge is 0.0565 e. The lowest BCUT2D eigenvalue weighted by Crippen LogP contribution is -2.42. The van der Waals surface area contributed by atoms with Crippen LogP contribution in [0.4, 0.5) is 0 Å². The van der Waals surface area contributed by atoms with E-state index in [2.05, 4.69) is 38.0 Å². The summed E-state index contributed by atoms with van der Waals surface area (Å²) < 4.78 is 0. The lowest BCUT2D eigenvalue weighted by Gasteiger charge is -2.27. The predicted molar refractivity (Wildman–Crippen MR) is 41.4 cm³/mol. The fourth-order valence-electron chi connectivity index (χ4n) is 0.651. The molecule has 0 fully saturated rings. The molecule has 0 aliphatic carbocycles. The Morgan fingerprint density at radius 2 is 1.67 bits per heavy atom. The molecule has 56 valence electrons. The van der Waals surface area contributed by atoms with Crippen LogP contribution in [0.1, 0.15) is 20.8 Å². The zero-order valence-electron chi connectivity index (χ0n) is 7.10. The Bertz CT molecular complexity index is 71.3. The van der Waals surface area contributed by atoms with Crippen LogP contribution < -0.4 is 5.32 Å². The van der Waals surface area contributed by atoms with Crippen LogP contribution >= 0.6 is 0 Å². The molecular weight excluding hydrogens is 112 g/mol. The maximum absolute atomic E-state index is 3.17. The summed E-state index contributed by atoms with van der Waals surface area (Å²) >= 11 is 0. The third kappa shape index (κ3) is 2.82. The van der Waals surface area contributed by atoms with Crippen molar-refractivity contribution in [2.24, 2.45) is 0 Å². The second-order valence-corrected chi connectivity index (χ2v) is 2.72. The highest BCUT2D eigenvalue weighted by molar-refractivity contribution is 4.61. The Kier molecular flexibility index (Phi) is 3.82. The van der Waals surface area contributed by atoms with E-state index >= 15 is 0 Å². The summed E-state index contributed by atoms with van der Waals surface area (Å²) in [6, 6.07) is 0.618. The summed E-state index contributed by atoms with van der Waals surface area (Å²) in [6.45, 7) is 6.53. The number of rotatable bonds is 3. The van der Waals surface area contributed by atoms with Crippen LogP contribution in [0.25, 0.3) is 0 Å². The van der Waals surface area contributed by atoms with E-state index in [1.807, 2.05) is 7.05 Å². The average molecular weight is 130 g/mol. The summed E-state index contributed by atoms with van der Waals surface area (Å²) in [5, 5.41) is 3.17. The minimum atomic E-state index is 0.477. The van der Waals surface area contributed by atoms with Crippen molar-refractivity contribution in [2.75, 3.05) is 14.1 Å². The van der Waals surface area contributed by atoms with Gasteiger partial charge in [0, 0.05) is 6.04 Å². The molecule has 0 heterocycles. The minimum Gasteiger partial charge on any atom is -0.305 e. The van der Waals surface area contributed by atoms with E-state index in [0.29, 0.717) is 12.2 Å². The van der Waals surface area contributed by atoms with Crippen molar-refractivity contribution >= 4 is 0 Å². The van der Waals surface area contributed by atoms with Gasteiger partial charge in [-0.05, 0) is 34.9 Å². The summed E-state index contributed by atoms with van der Waals surface area (Å²) in [4.78, 5) is 2.28. The Balaban J connectivity index is 3.58. The van der Waals surface area contributed by atoms with Gasteiger partial charge in [0.1, 0.15) is 0 Å². The minimum absolute atomic E-state index is 0.477. The van der Waals surface area contributed by atoms with Gasteiger partial charge in [-0.25, -0.2) is 0 Å². The molecule has 1 N–H and O–H groups in total. The van der Waals surface area contributed by atoms with Crippen LogP contribution in [-0.2, 0) is 0 Å². The van der Waals surface area contributed by atoms with Crippen molar-refractivity contribution in [1.29, 1.82) is 0 Å². The van der Waals surface area contributed by atoms with Gasteiger partial charge in [0.05, 0.1) is 6.17 Å². The van der Waals surface area contributed by atoms with Crippen molar-refractivity contribution in [1.82, 2.24) is 10.2 Å².